The lowest BCUT2D eigenvalue weighted by Gasteiger charge is -2.06. The van der Waals surface area contributed by atoms with Crippen molar-refractivity contribution in [1.82, 2.24) is 4.98 Å². The lowest BCUT2D eigenvalue weighted by atomic mass is 10.0. The third-order valence-electron chi connectivity index (χ3n) is 2.71. The molecule has 1 heterocycles. The number of carbonyl (C=O) groups is 1. The number of phenols is 1. The summed E-state index contributed by atoms with van der Waals surface area (Å²) in [5, 5.41) is 10.3. The molecule has 4 N–H and O–H groups in total. The molecule has 84 valence electrons. The molecule has 0 aliphatic heterocycles. The van der Waals surface area contributed by atoms with Crippen LogP contribution in [0.2, 0.25) is 0 Å². The second-order valence-electron chi connectivity index (χ2n) is 3.97. The van der Waals surface area contributed by atoms with Gasteiger partial charge in [-0.15, -0.1) is 0 Å². The highest BCUT2D eigenvalue weighted by molar-refractivity contribution is 5.86. The minimum absolute atomic E-state index is 0.0329. The number of hydrogen-bond acceptors (Lipinski definition) is 3. The quantitative estimate of drug-likeness (QED) is 0.727. The van der Waals surface area contributed by atoms with Crippen LogP contribution in [0.3, 0.4) is 0 Å². The number of Topliss-reactive ketones (excluding diaryl/α,β-unsaturated/α-hetero) is 1. The van der Waals surface area contributed by atoms with Gasteiger partial charge in [-0.3, -0.25) is 4.79 Å². The van der Waals surface area contributed by atoms with Gasteiger partial charge in [-0.05, 0) is 37.1 Å². The lowest BCUT2D eigenvalue weighted by molar-refractivity contribution is -0.118. The summed E-state index contributed by atoms with van der Waals surface area (Å²) in [6, 6.07) is 4.61. The number of phenolic OH excluding ortho intramolecular Hbond substituents is 1. The molecule has 0 aliphatic rings. The number of nitrogens with one attached hydrogen (secondary N) is 1. The van der Waals surface area contributed by atoms with Crippen LogP contribution in [0.15, 0.2) is 24.4 Å². The first-order valence-electron chi connectivity index (χ1n) is 5.13. The van der Waals surface area contributed by atoms with Crippen LogP contribution in [0.1, 0.15) is 12.5 Å². The van der Waals surface area contributed by atoms with Gasteiger partial charge in [0.25, 0.3) is 0 Å². The fourth-order valence-corrected chi connectivity index (χ4v) is 1.72. The van der Waals surface area contributed by atoms with Crippen LogP contribution in [-0.2, 0) is 11.2 Å². The molecule has 0 bridgehead atoms. The Morgan fingerprint density at radius 1 is 1.56 bits per heavy atom. The fraction of sp³-hybridized carbons (Fsp3) is 0.250. The van der Waals surface area contributed by atoms with Crippen molar-refractivity contribution in [2.45, 2.75) is 19.4 Å². The van der Waals surface area contributed by atoms with Crippen molar-refractivity contribution in [3.05, 3.63) is 30.0 Å². The number of H-pyrrole nitrogens is 1. The summed E-state index contributed by atoms with van der Waals surface area (Å²) in [7, 11) is 0. The van der Waals surface area contributed by atoms with Crippen molar-refractivity contribution >= 4 is 16.7 Å². The van der Waals surface area contributed by atoms with Crippen LogP contribution in [0.4, 0.5) is 0 Å². The van der Waals surface area contributed by atoms with Gasteiger partial charge >= 0.3 is 0 Å². The Labute approximate surface area is 93.1 Å². The van der Waals surface area contributed by atoms with Crippen molar-refractivity contribution < 1.29 is 9.90 Å². The fourth-order valence-electron chi connectivity index (χ4n) is 1.72. The first kappa shape index (κ1) is 10.7. The predicted octanol–water partition coefficient (Wildman–Crippen LogP) is 1.33. The Morgan fingerprint density at radius 2 is 2.31 bits per heavy atom. The number of hydrogen-bond donors (Lipinski definition) is 3. The number of nitrogens with two attached hydrogens (primary N) is 1. The van der Waals surface area contributed by atoms with Crippen LogP contribution in [0.25, 0.3) is 10.9 Å². The standard InChI is InChI=1S/C12H14N2O2/c1-7(15)11(13)4-8-6-14-12-3-2-9(16)5-10(8)12/h2-3,5-6,11,14,16H,4,13H2,1H3. The van der Waals surface area contributed by atoms with E-state index in [2.05, 4.69) is 4.98 Å². The molecule has 0 saturated carbocycles. The molecule has 0 amide bonds. The Hall–Kier alpha value is -1.81. The summed E-state index contributed by atoms with van der Waals surface area (Å²) in [4.78, 5) is 14.2. The summed E-state index contributed by atoms with van der Waals surface area (Å²) < 4.78 is 0. The normalized spacial score (nSPS) is 12.9. The van der Waals surface area contributed by atoms with Gasteiger partial charge in [0.1, 0.15) is 11.5 Å². The smallest absolute Gasteiger partial charge is 0.146 e. The number of aromatic amines is 1. The van der Waals surface area contributed by atoms with Gasteiger partial charge in [-0.2, -0.15) is 0 Å². The number of aromatic hydroxyl groups is 1. The molecular weight excluding hydrogens is 204 g/mol. The average Bonchev–Trinajstić information content (AvgIpc) is 2.61. The second-order valence-corrected chi connectivity index (χ2v) is 3.97. The topological polar surface area (TPSA) is 79.1 Å². The molecule has 1 aromatic carbocycles. The maximum absolute atomic E-state index is 11.1. The average molecular weight is 218 g/mol. The maximum Gasteiger partial charge on any atom is 0.146 e. The lowest BCUT2D eigenvalue weighted by Crippen LogP contribution is -2.30. The molecule has 16 heavy (non-hydrogen) atoms. The summed E-state index contributed by atoms with van der Waals surface area (Å²) in [5.41, 5.74) is 7.60. The molecule has 0 aliphatic carbocycles. The van der Waals surface area contributed by atoms with Gasteiger partial charge in [0.2, 0.25) is 0 Å². The molecule has 0 spiro atoms. The minimum atomic E-state index is -0.485. The third kappa shape index (κ3) is 1.92. The van der Waals surface area contributed by atoms with Crippen LogP contribution in [0, 0.1) is 0 Å². The first-order chi connectivity index (χ1) is 7.58. The molecule has 1 aromatic heterocycles. The summed E-state index contributed by atoms with van der Waals surface area (Å²) in [6.07, 6.45) is 2.31. The molecule has 1 unspecified atom stereocenters. The van der Waals surface area contributed by atoms with Crippen LogP contribution in [-0.4, -0.2) is 21.9 Å². The van der Waals surface area contributed by atoms with E-state index < -0.39 is 6.04 Å². The highest BCUT2D eigenvalue weighted by Gasteiger charge is 2.12. The van der Waals surface area contributed by atoms with E-state index in [1.165, 1.54) is 6.92 Å². The zero-order valence-electron chi connectivity index (χ0n) is 9.03. The van der Waals surface area contributed by atoms with E-state index in [1.54, 1.807) is 18.2 Å². The molecule has 4 heteroatoms. The van der Waals surface area contributed by atoms with Gasteiger partial charge in [-0.1, -0.05) is 0 Å². The van der Waals surface area contributed by atoms with Crippen LogP contribution in [0.5, 0.6) is 5.75 Å². The van der Waals surface area contributed by atoms with Crippen LogP contribution < -0.4 is 5.73 Å². The Morgan fingerprint density at radius 3 is 3.00 bits per heavy atom. The Kier molecular flexibility index (Phi) is 2.66. The van der Waals surface area contributed by atoms with Gasteiger partial charge in [0.05, 0.1) is 6.04 Å². The predicted molar refractivity (Wildman–Crippen MR) is 62.3 cm³/mol. The number of rotatable bonds is 3. The highest BCUT2D eigenvalue weighted by atomic mass is 16.3. The molecule has 0 saturated heterocycles. The number of carbonyl (C=O) groups excluding carboxylic acids is 1. The molecule has 0 radical (unpaired) electrons. The number of fused-ring (bicyclic) bond motifs is 1. The second kappa shape index (κ2) is 3.98. The van der Waals surface area contributed by atoms with Crippen molar-refractivity contribution in [1.29, 1.82) is 0 Å². The molecular formula is C12H14N2O2. The summed E-state index contributed by atoms with van der Waals surface area (Å²) in [5.74, 6) is 0.180. The molecule has 1 atom stereocenters. The zero-order chi connectivity index (χ0) is 11.7. The van der Waals surface area contributed by atoms with Crippen molar-refractivity contribution in [3.63, 3.8) is 0 Å². The van der Waals surface area contributed by atoms with E-state index >= 15 is 0 Å². The van der Waals surface area contributed by atoms with Crippen molar-refractivity contribution in [3.8, 4) is 5.75 Å². The third-order valence-corrected chi connectivity index (χ3v) is 2.71. The number of benzene rings is 1. The van der Waals surface area contributed by atoms with Gasteiger partial charge in [0.15, 0.2) is 0 Å². The minimum Gasteiger partial charge on any atom is -0.508 e. The molecule has 2 rings (SSSR count). The van der Waals surface area contributed by atoms with E-state index in [1.807, 2.05) is 6.20 Å². The first-order valence-corrected chi connectivity index (χ1v) is 5.13. The van der Waals surface area contributed by atoms with Crippen molar-refractivity contribution in [2.75, 3.05) is 0 Å². The van der Waals surface area contributed by atoms with E-state index in [9.17, 15) is 9.90 Å². The Bertz CT molecular complexity index is 531. The van der Waals surface area contributed by atoms with E-state index in [-0.39, 0.29) is 11.5 Å². The Balaban J connectivity index is 2.37. The number of ketones is 1. The number of aromatic nitrogens is 1. The SMILES string of the molecule is CC(=O)C(N)Cc1c[nH]c2ccc(O)cc12. The summed E-state index contributed by atoms with van der Waals surface area (Å²) >= 11 is 0. The molecule has 4 nitrogen and oxygen atoms in total. The van der Waals surface area contributed by atoms with Gasteiger partial charge in [-0.25, -0.2) is 0 Å². The van der Waals surface area contributed by atoms with E-state index in [0.717, 1.165) is 16.5 Å². The monoisotopic (exact) mass is 218 g/mol. The van der Waals surface area contributed by atoms with E-state index in [0.29, 0.717) is 6.42 Å². The van der Waals surface area contributed by atoms with Gasteiger partial charge in [0, 0.05) is 17.1 Å². The largest absolute Gasteiger partial charge is 0.508 e. The van der Waals surface area contributed by atoms with Crippen LogP contribution >= 0.6 is 0 Å². The highest BCUT2D eigenvalue weighted by Crippen LogP contribution is 2.23. The zero-order valence-corrected chi connectivity index (χ0v) is 9.03. The van der Waals surface area contributed by atoms with Gasteiger partial charge < -0.3 is 15.8 Å². The van der Waals surface area contributed by atoms with E-state index in [4.69, 9.17) is 5.73 Å². The maximum atomic E-state index is 11.1. The molecule has 2 aromatic rings. The van der Waals surface area contributed by atoms with Crippen molar-refractivity contribution in [2.24, 2.45) is 5.73 Å². The molecule has 0 fully saturated rings. The summed E-state index contributed by atoms with van der Waals surface area (Å²) in [6.45, 7) is 1.48.